The summed E-state index contributed by atoms with van der Waals surface area (Å²) in [6, 6.07) is 0. The fraction of sp³-hybridized carbons (Fsp3) is 0. The van der Waals surface area contributed by atoms with Gasteiger partial charge in [0.15, 0.2) is 11.5 Å². The summed E-state index contributed by atoms with van der Waals surface area (Å²) in [6.45, 7) is 0. The van der Waals surface area contributed by atoms with Crippen molar-refractivity contribution in [1.29, 1.82) is 0 Å². The molecule has 0 fully saturated rings. The van der Waals surface area contributed by atoms with E-state index in [0.29, 0.717) is 5.57 Å². The van der Waals surface area contributed by atoms with Gasteiger partial charge < -0.3 is 5.11 Å². The Kier molecular flexibility index (Phi) is 1.60. The fourth-order valence-corrected chi connectivity index (χ4v) is 1.41. The third-order valence-corrected chi connectivity index (χ3v) is 2.00. The molecule has 0 heterocycles. The van der Waals surface area contributed by atoms with Gasteiger partial charge in [0, 0.05) is 6.08 Å². The maximum Gasteiger partial charge on any atom is 0.318 e. The predicted molar refractivity (Wildman–Crippen MR) is 47.0 cm³/mol. The summed E-state index contributed by atoms with van der Waals surface area (Å²) >= 11 is 0. The van der Waals surface area contributed by atoms with Gasteiger partial charge in [-0.1, -0.05) is 6.08 Å². The zero-order valence-electron chi connectivity index (χ0n) is 6.93. The first-order valence-electron chi connectivity index (χ1n) is 3.83. The number of aliphatic hydroxyl groups is 1. The van der Waals surface area contributed by atoms with E-state index in [0.717, 1.165) is 6.08 Å². The molecular formula is C9H5NO4. The Labute approximate surface area is 78.5 Å². The van der Waals surface area contributed by atoms with E-state index in [1.807, 2.05) is 0 Å². The molecule has 2 aliphatic rings. The molecule has 0 saturated heterocycles. The number of rotatable bonds is 1. The monoisotopic (exact) mass is 191 g/mol. The molecule has 0 bridgehead atoms. The van der Waals surface area contributed by atoms with E-state index in [1.54, 1.807) is 0 Å². The molecule has 0 spiro atoms. The van der Waals surface area contributed by atoms with E-state index in [-0.39, 0.29) is 11.4 Å². The van der Waals surface area contributed by atoms with Crippen LogP contribution >= 0.6 is 0 Å². The van der Waals surface area contributed by atoms with Crippen LogP contribution in [0.4, 0.5) is 0 Å². The summed E-state index contributed by atoms with van der Waals surface area (Å²) in [6.07, 6.45) is 5.16. The highest BCUT2D eigenvalue weighted by Gasteiger charge is 2.32. The Morgan fingerprint density at radius 2 is 2.00 bits per heavy atom. The van der Waals surface area contributed by atoms with Gasteiger partial charge in [-0.05, 0) is 17.7 Å². The van der Waals surface area contributed by atoms with E-state index in [1.165, 1.54) is 18.2 Å². The van der Waals surface area contributed by atoms with Gasteiger partial charge in [0.05, 0.1) is 10.5 Å². The highest BCUT2D eigenvalue weighted by Crippen LogP contribution is 2.32. The van der Waals surface area contributed by atoms with Crippen LogP contribution in [0.5, 0.6) is 0 Å². The molecule has 5 nitrogen and oxygen atoms in total. The third kappa shape index (κ3) is 1.06. The lowest BCUT2D eigenvalue weighted by Gasteiger charge is -2.02. The van der Waals surface area contributed by atoms with Crippen molar-refractivity contribution in [2.24, 2.45) is 0 Å². The molecule has 1 N–H and O–H groups in total. The van der Waals surface area contributed by atoms with Gasteiger partial charge in [-0.2, -0.15) is 0 Å². The normalized spacial score (nSPS) is 19.3. The molecule has 0 saturated carbocycles. The van der Waals surface area contributed by atoms with Crippen LogP contribution in [0, 0.1) is 10.1 Å². The Morgan fingerprint density at radius 1 is 1.29 bits per heavy atom. The minimum atomic E-state index is -0.697. The van der Waals surface area contributed by atoms with Crippen LogP contribution in [-0.2, 0) is 4.79 Å². The summed E-state index contributed by atoms with van der Waals surface area (Å²) in [4.78, 5) is 20.8. The van der Waals surface area contributed by atoms with E-state index in [2.05, 4.69) is 0 Å². The molecule has 2 aliphatic carbocycles. The van der Waals surface area contributed by atoms with Gasteiger partial charge in [0.1, 0.15) is 0 Å². The van der Waals surface area contributed by atoms with Gasteiger partial charge in [-0.3, -0.25) is 14.9 Å². The average molecular weight is 191 g/mol. The second kappa shape index (κ2) is 2.66. The molecule has 0 aromatic carbocycles. The van der Waals surface area contributed by atoms with Crippen LogP contribution in [0.25, 0.3) is 0 Å². The Morgan fingerprint density at radius 3 is 2.64 bits per heavy atom. The van der Waals surface area contributed by atoms with Gasteiger partial charge in [-0.25, -0.2) is 0 Å². The smallest absolute Gasteiger partial charge is 0.318 e. The number of aliphatic hydroxyl groups excluding tert-OH is 1. The molecule has 70 valence electrons. The number of fused-ring (bicyclic) bond motifs is 1. The van der Waals surface area contributed by atoms with Gasteiger partial charge in [0.25, 0.3) is 0 Å². The fourth-order valence-electron chi connectivity index (χ4n) is 1.41. The minimum Gasteiger partial charge on any atom is -0.502 e. The highest BCUT2D eigenvalue weighted by atomic mass is 16.6. The first-order chi connectivity index (χ1) is 6.59. The van der Waals surface area contributed by atoms with Gasteiger partial charge in [-0.15, -0.1) is 0 Å². The lowest BCUT2D eigenvalue weighted by molar-refractivity contribution is -0.422. The molecule has 2 rings (SSSR count). The number of nitrogens with zero attached hydrogens (tertiary/aromatic N) is 1. The van der Waals surface area contributed by atoms with Crippen molar-refractivity contribution >= 4 is 5.78 Å². The standard InChI is InChI=1S/C9H5NO4/c11-6-2-1-5-3-8(12)9(10(13)14)7(5)4-6/h1-4,12H. The lowest BCUT2D eigenvalue weighted by atomic mass is 10.0. The zero-order valence-corrected chi connectivity index (χ0v) is 6.93. The van der Waals surface area contributed by atoms with Crippen molar-refractivity contribution in [2.75, 3.05) is 0 Å². The van der Waals surface area contributed by atoms with Crippen LogP contribution in [0.1, 0.15) is 0 Å². The number of hydrogen-bond donors (Lipinski definition) is 1. The number of hydrogen-bond acceptors (Lipinski definition) is 4. The molecule has 0 atom stereocenters. The van der Waals surface area contributed by atoms with Crippen molar-refractivity contribution in [1.82, 2.24) is 0 Å². The number of carbonyl (C=O) groups excluding carboxylic acids is 1. The van der Waals surface area contributed by atoms with Crippen LogP contribution in [0.15, 0.2) is 46.9 Å². The third-order valence-electron chi connectivity index (χ3n) is 2.00. The molecule has 0 aromatic rings. The van der Waals surface area contributed by atoms with E-state index in [4.69, 9.17) is 0 Å². The number of ketones is 1. The van der Waals surface area contributed by atoms with Crippen LogP contribution < -0.4 is 0 Å². The number of allylic oxidation sites excluding steroid dienone is 5. The second-order valence-corrected chi connectivity index (χ2v) is 2.88. The maximum absolute atomic E-state index is 11.0. The van der Waals surface area contributed by atoms with Crippen molar-refractivity contribution < 1.29 is 14.8 Å². The van der Waals surface area contributed by atoms with E-state index in [9.17, 15) is 20.0 Å². The summed E-state index contributed by atoms with van der Waals surface area (Å²) < 4.78 is 0. The molecule has 0 radical (unpaired) electrons. The SMILES string of the molecule is O=C1C=CC2=CC(O)=C([N+](=O)[O-])C2=C1. The first-order valence-corrected chi connectivity index (χ1v) is 3.83. The van der Waals surface area contributed by atoms with Crippen molar-refractivity contribution in [2.45, 2.75) is 0 Å². The van der Waals surface area contributed by atoms with E-state index < -0.39 is 16.4 Å². The first kappa shape index (κ1) is 8.43. The number of carbonyl (C=O) groups is 1. The number of nitro groups is 1. The molecule has 0 aliphatic heterocycles. The quantitative estimate of drug-likeness (QED) is 0.496. The zero-order chi connectivity index (χ0) is 10.3. The minimum absolute atomic E-state index is 0.181. The van der Waals surface area contributed by atoms with Crippen molar-refractivity contribution in [3.8, 4) is 0 Å². The summed E-state index contributed by atoms with van der Waals surface area (Å²) in [5.41, 5.74) is 0.270. The molecule has 5 heteroatoms. The van der Waals surface area contributed by atoms with Crippen molar-refractivity contribution in [3.05, 3.63) is 57.0 Å². The Balaban J connectivity index is 2.55. The van der Waals surface area contributed by atoms with Gasteiger partial charge >= 0.3 is 5.70 Å². The van der Waals surface area contributed by atoms with Crippen molar-refractivity contribution in [3.63, 3.8) is 0 Å². The Hall–Kier alpha value is -2.17. The van der Waals surface area contributed by atoms with Gasteiger partial charge in [0.2, 0.25) is 0 Å². The average Bonchev–Trinajstić information content (AvgIpc) is 2.40. The maximum atomic E-state index is 11.0. The predicted octanol–water partition coefficient (Wildman–Crippen LogP) is 1.04. The molecule has 14 heavy (non-hydrogen) atoms. The largest absolute Gasteiger partial charge is 0.502 e. The summed E-state index contributed by atoms with van der Waals surface area (Å²) in [5, 5.41) is 19.8. The Bertz CT molecular complexity index is 465. The van der Waals surface area contributed by atoms with E-state index >= 15 is 0 Å². The van der Waals surface area contributed by atoms with Crippen LogP contribution in [0.2, 0.25) is 0 Å². The topological polar surface area (TPSA) is 80.4 Å². The molecular weight excluding hydrogens is 186 g/mol. The summed E-state index contributed by atoms with van der Waals surface area (Å²) in [7, 11) is 0. The lowest BCUT2D eigenvalue weighted by Crippen LogP contribution is -2.06. The highest BCUT2D eigenvalue weighted by molar-refractivity contribution is 6.03. The molecule has 0 unspecified atom stereocenters. The molecule has 0 aromatic heterocycles. The molecule has 0 amide bonds. The second-order valence-electron chi connectivity index (χ2n) is 2.88. The van der Waals surface area contributed by atoms with Crippen LogP contribution in [0.3, 0.4) is 0 Å². The van der Waals surface area contributed by atoms with Crippen LogP contribution in [-0.4, -0.2) is 15.8 Å². The summed E-state index contributed by atoms with van der Waals surface area (Å²) in [5.74, 6) is -0.721.